The van der Waals surface area contributed by atoms with Crippen molar-refractivity contribution in [3.05, 3.63) is 90.1 Å². The maximum Gasteiger partial charge on any atom is 0.141 e. The Hall–Kier alpha value is -3.54. The van der Waals surface area contributed by atoms with Crippen molar-refractivity contribution in [2.45, 2.75) is 13.5 Å². The van der Waals surface area contributed by atoms with Crippen LogP contribution in [0.25, 0.3) is 11.3 Å². The van der Waals surface area contributed by atoms with Gasteiger partial charge in [0.1, 0.15) is 18.3 Å². The Bertz CT molecular complexity index is 1020. The molecule has 2 heterocycles. The lowest BCUT2D eigenvalue weighted by molar-refractivity contribution is 0.689. The van der Waals surface area contributed by atoms with Crippen molar-refractivity contribution in [3.63, 3.8) is 0 Å². The molecule has 26 heavy (non-hydrogen) atoms. The van der Waals surface area contributed by atoms with Crippen LogP contribution in [0, 0.1) is 6.92 Å². The Labute approximate surface area is 151 Å². The fraction of sp³-hybridized carbons (Fsp3) is 0.100. The Kier molecular flexibility index (Phi) is 4.38. The first-order chi connectivity index (χ1) is 12.8. The molecule has 0 aliphatic carbocycles. The van der Waals surface area contributed by atoms with Gasteiger partial charge in [0.15, 0.2) is 0 Å². The molecule has 4 aromatic rings. The minimum atomic E-state index is 0.708. The zero-order valence-electron chi connectivity index (χ0n) is 14.4. The van der Waals surface area contributed by atoms with Crippen LogP contribution in [-0.2, 0) is 6.54 Å². The van der Waals surface area contributed by atoms with Crippen LogP contribution < -0.4 is 0 Å². The average molecular weight is 342 g/mol. The summed E-state index contributed by atoms with van der Waals surface area (Å²) < 4.78 is 3.51. The largest absolute Gasteiger partial charge is 0.267 e. The Morgan fingerprint density at radius 2 is 1.81 bits per heavy atom. The van der Waals surface area contributed by atoms with Gasteiger partial charge in [-0.3, -0.25) is 4.68 Å². The number of aromatic nitrogens is 5. The van der Waals surface area contributed by atoms with Crippen molar-refractivity contribution in [1.29, 1.82) is 0 Å². The molecular weight excluding hydrogens is 324 g/mol. The van der Waals surface area contributed by atoms with Crippen LogP contribution in [0.1, 0.15) is 16.7 Å². The number of hydrogen-bond acceptors (Lipinski definition) is 4. The quantitative estimate of drug-likeness (QED) is 0.522. The van der Waals surface area contributed by atoms with Crippen LogP contribution >= 0.6 is 0 Å². The highest BCUT2D eigenvalue weighted by Crippen LogP contribution is 2.22. The third-order valence-electron chi connectivity index (χ3n) is 4.01. The molecule has 128 valence electrons. The first-order valence-electron chi connectivity index (χ1n) is 8.35. The second-order valence-corrected chi connectivity index (χ2v) is 6.07. The van der Waals surface area contributed by atoms with Gasteiger partial charge in [0, 0.05) is 17.3 Å². The molecule has 0 saturated heterocycles. The predicted octanol–water partition coefficient (Wildman–Crippen LogP) is 3.38. The molecule has 0 spiro atoms. The van der Waals surface area contributed by atoms with Gasteiger partial charge in [-0.2, -0.15) is 10.2 Å². The van der Waals surface area contributed by atoms with Crippen molar-refractivity contribution in [3.8, 4) is 11.3 Å². The van der Waals surface area contributed by atoms with Crippen LogP contribution in [0.4, 0.5) is 0 Å². The lowest BCUT2D eigenvalue weighted by atomic mass is 10.1. The van der Waals surface area contributed by atoms with Gasteiger partial charge >= 0.3 is 0 Å². The maximum atomic E-state index is 4.80. The molecule has 4 rings (SSSR count). The van der Waals surface area contributed by atoms with Gasteiger partial charge in [0.05, 0.1) is 12.8 Å². The second-order valence-electron chi connectivity index (χ2n) is 6.07. The third kappa shape index (κ3) is 3.59. The van der Waals surface area contributed by atoms with Gasteiger partial charge in [0.2, 0.25) is 0 Å². The summed E-state index contributed by atoms with van der Waals surface area (Å²) in [6.07, 6.45) is 6.91. The highest BCUT2D eigenvalue weighted by molar-refractivity contribution is 5.88. The minimum absolute atomic E-state index is 0.708. The normalized spacial score (nSPS) is 11.3. The summed E-state index contributed by atoms with van der Waals surface area (Å²) in [6.45, 7) is 2.79. The van der Waals surface area contributed by atoms with Crippen LogP contribution in [-0.4, -0.2) is 30.9 Å². The summed E-state index contributed by atoms with van der Waals surface area (Å²) in [7, 11) is 0. The molecule has 0 atom stereocenters. The van der Waals surface area contributed by atoms with Gasteiger partial charge in [0.25, 0.3) is 0 Å². The van der Waals surface area contributed by atoms with Gasteiger partial charge < -0.3 is 0 Å². The van der Waals surface area contributed by atoms with Gasteiger partial charge in [-0.15, -0.1) is 10.2 Å². The van der Waals surface area contributed by atoms with E-state index in [4.69, 9.17) is 5.10 Å². The SMILES string of the molecule is Cc1cccc(-c2nn(Cc3ccccc3)cc2/C=N\n2cnnc2)c1. The van der Waals surface area contributed by atoms with E-state index in [-0.39, 0.29) is 0 Å². The molecule has 0 unspecified atom stereocenters. The number of nitrogens with zero attached hydrogens (tertiary/aromatic N) is 6. The zero-order chi connectivity index (χ0) is 17.8. The molecule has 0 aliphatic rings. The number of aryl methyl sites for hydroxylation is 1. The van der Waals surface area contributed by atoms with Crippen molar-refractivity contribution in [2.24, 2.45) is 5.10 Å². The zero-order valence-corrected chi connectivity index (χ0v) is 14.4. The molecule has 0 fully saturated rings. The number of hydrogen-bond donors (Lipinski definition) is 0. The highest BCUT2D eigenvalue weighted by Gasteiger charge is 2.10. The van der Waals surface area contributed by atoms with Gasteiger partial charge in [-0.1, -0.05) is 54.1 Å². The van der Waals surface area contributed by atoms with Crippen molar-refractivity contribution < 1.29 is 0 Å². The van der Waals surface area contributed by atoms with E-state index in [1.807, 2.05) is 35.1 Å². The first-order valence-corrected chi connectivity index (χ1v) is 8.35. The van der Waals surface area contributed by atoms with Gasteiger partial charge in [-0.05, 0) is 18.6 Å². The summed E-state index contributed by atoms with van der Waals surface area (Å²) in [5.74, 6) is 0. The van der Waals surface area contributed by atoms with E-state index in [0.717, 1.165) is 16.8 Å². The lowest BCUT2D eigenvalue weighted by Gasteiger charge is -2.02. The number of benzene rings is 2. The lowest BCUT2D eigenvalue weighted by Crippen LogP contribution is -2.00. The average Bonchev–Trinajstić information content (AvgIpc) is 3.30. The van der Waals surface area contributed by atoms with Crippen LogP contribution in [0.2, 0.25) is 0 Å². The number of rotatable bonds is 5. The molecule has 2 aromatic heterocycles. The molecule has 6 nitrogen and oxygen atoms in total. The van der Waals surface area contributed by atoms with E-state index in [2.05, 4.69) is 52.6 Å². The standard InChI is InChI=1S/C20H18N6/c1-16-6-5-9-18(10-16)20-19(11-23-26-14-21-22-15-26)13-25(24-20)12-17-7-3-2-4-8-17/h2-11,13-15H,12H2,1H3/b23-11-. The minimum Gasteiger partial charge on any atom is -0.267 e. The second kappa shape index (κ2) is 7.14. The van der Waals surface area contributed by atoms with Crippen LogP contribution in [0.5, 0.6) is 0 Å². The van der Waals surface area contributed by atoms with Gasteiger partial charge in [-0.25, -0.2) is 4.68 Å². The molecular formula is C20H18N6. The molecule has 6 heteroatoms. The Balaban J connectivity index is 1.72. The fourth-order valence-electron chi connectivity index (χ4n) is 2.78. The topological polar surface area (TPSA) is 60.9 Å². The molecule has 0 amide bonds. The van der Waals surface area contributed by atoms with E-state index in [9.17, 15) is 0 Å². The van der Waals surface area contributed by atoms with Crippen molar-refractivity contribution in [1.82, 2.24) is 24.7 Å². The fourth-order valence-corrected chi connectivity index (χ4v) is 2.78. The molecule has 0 saturated carbocycles. The molecule has 0 aliphatic heterocycles. The molecule has 0 N–H and O–H groups in total. The van der Waals surface area contributed by atoms with Crippen molar-refractivity contribution >= 4 is 6.21 Å². The van der Waals surface area contributed by atoms with E-state index in [0.29, 0.717) is 6.54 Å². The summed E-state index contributed by atoms with van der Waals surface area (Å²) in [4.78, 5) is 0. The highest BCUT2D eigenvalue weighted by atomic mass is 15.4. The summed E-state index contributed by atoms with van der Waals surface area (Å²) in [5.41, 5.74) is 5.32. The first kappa shape index (κ1) is 16.0. The van der Waals surface area contributed by atoms with Crippen LogP contribution in [0.3, 0.4) is 0 Å². The molecule has 0 radical (unpaired) electrons. The summed E-state index contributed by atoms with van der Waals surface area (Å²) >= 11 is 0. The summed E-state index contributed by atoms with van der Waals surface area (Å²) in [6, 6.07) is 18.6. The van der Waals surface area contributed by atoms with E-state index >= 15 is 0 Å². The third-order valence-corrected chi connectivity index (χ3v) is 4.01. The van der Waals surface area contributed by atoms with E-state index < -0.39 is 0 Å². The smallest absolute Gasteiger partial charge is 0.141 e. The van der Waals surface area contributed by atoms with Crippen molar-refractivity contribution in [2.75, 3.05) is 0 Å². The maximum absolute atomic E-state index is 4.80. The van der Waals surface area contributed by atoms with E-state index in [1.165, 1.54) is 11.1 Å². The monoisotopic (exact) mass is 342 g/mol. The Morgan fingerprint density at radius 3 is 2.58 bits per heavy atom. The summed E-state index contributed by atoms with van der Waals surface area (Å²) in [5, 5.41) is 16.7. The molecule has 0 bridgehead atoms. The predicted molar refractivity (Wildman–Crippen MR) is 101 cm³/mol. The molecule has 2 aromatic carbocycles. The van der Waals surface area contributed by atoms with E-state index in [1.54, 1.807) is 23.5 Å². The Morgan fingerprint density at radius 1 is 1.00 bits per heavy atom. The van der Waals surface area contributed by atoms with Crippen LogP contribution in [0.15, 0.2) is 78.6 Å².